The fraction of sp³-hybridized carbons (Fsp3) is 0. The molecule has 0 saturated carbocycles. The Morgan fingerprint density at radius 3 is 2.40 bits per heavy atom. The van der Waals surface area contributed by atoms with E-state index >= 15 is 0 Å². The molecule has 0 atom stereocenters. The predicted molar refractivity (Wildman–Crippen MR) is 39.2 cm³/mol. The molecule has 6 nitrogen and oxygen atoms in total. The maximum atomic E-state index is 6.97. The van der Waals surface area contributed by atoms with Crippen LogP contribution in [0, 0.1) is 10.8 Å². The van der Waals surface area contributed by atoms with Gasteiger partial charge in [0.15, 0.2) is 0 Å². The molecule has 0 bridgehead atoms. The Morgan fingerprint density at radius 2 is 2.00 bits per heavy atom. The lowest BCUT2D eigenvalue weighted by Crippen LogP contribution is -2.48. The molecule has 0 heterocycles. The standard InChI is InChI=1S/C4H10N6/c1-2-8-4(7)10-9-3(5)6/h2H,1H2,(H4,5,6,9)(H3,7,8,10). The molecule has 0 radical (unpaired) electrons. The van der Waals surface area contributed by atoms with E-state index in [1.165, 1.54) is 6.20 Å². The molecule has 0 fully saturated rings. The third kappa shape index (κ3) is 4.44. The van der Waals surface area contributed by atoms with Crippen LogP contribution in [0.4, 0.5) is 0 Å². The molecule has 0 unspecified atom stereocenters. The highest BCUT2D eigenvalue weighted by Crippen LogP contribution is 1.54. The second-order valence-corrected chi connectivity index (χ2v) is 1.39. The van der Waals surface area contributed by atoms with Crippen molar-refractivity contribution in [1.82, 2.24) is 16.2 Å². The lowest BCUT2D eigenvalue weighted by Gasteiger charge is -2.06. The van der Waals surface area contributed by atoms with Crippen LogP contribution in [0.1, 0.15) is 0 Å². The summed E-state index contributed by atoms with van der Waals surface area (Å²) in [4.78, 5) is 0. The van der Waals surface area contributed by atoms with Crippen molar-refractivity contribution >= 4 is 11.9 Å². The van der Waals surface area contributed by atoms with E-state index in [4.69, 9.17) is 16.6 Å². The summed E-state index contributed by atoms with van der Waals surface area (Å²) in [5.41, 5.74) is 9.39. The van der Waals surface area contributed by atoms with Crippen LogP contribution >= 0.6 is 0 Å². The fourth-order valence-corrected chi connectivity index (χ4v) is 0.268. The molecule has 0 amide bonds. The Morgan fingerprint density at radius 1 is 1.40 bits per heavy atom. The van der Waals surface area contributed by atoms with Crippen molar-refractivity contribution in [1.29, 1.82) is 10.8 Å². The minimum absolute atomic E-state index is 0.0230. The number of guanidine groups is 2. The van der Waals surface area contributed by atoms with Crippen LogP contribution < -0.4 is 21.9 Å². The first-order valence-electron chi connectivity index (χ1n) is 2.49. The lowest BCUT2D eigenvalue weighted by atomic mass is 10.9. The second kappa shape index (κ2) is 4.19. The third-order valence-electron chi connectivity index (χ3n) is 0.569. The summed E-state index contributed by atoms with van der Waals surface area (Å²) < 4.78 is 0. The number of rotatable bonds is 1. The molecule has 7 N–H and O–H groups in total. The molecule has 0 aromatic carbocycles. The van der Waals surface area contributed by atoms with Gasteiger partial charge in [-0.15, -0.1) is 0 Å². The van der Waals surface area contributed by atoms with Crippen LogP contribution in [0.5, 0.6) is 0 Å². The number of hydrogen-bond acceptors (Lipinski definition) is 2. The molecule has 0 aromatic heterocycles. The zero-order chi connectivity index (χ0) is 7.98. The molecule has 10 heavy (non-hydrogen) atoms. The SMILES string of the molecule is C=CNC(=N)NNC(=N)N. The lowest BCUT2D eigenvalue weighted by molar-refractivity contribution is 0.815. The molecule has 0 aliphatic carbocycles. The Kier molecular flexibility index (Phi) is 3.47. The first kappa shape index (κ1) is 8.28. The normalized spacial score (nSPS) is 7.60. The smallest absolute Gasteiger partial charge is 0.211 e. The van der Waals surface area contributed by atoms with E-state index in [9.17, 15) is 0 Å². The van der Waals surface area contributed by atoms with Crippen molar-refractivity contribution < 1.29 is 0 Å². The monoisotopic (exact) mass is 142 g/mol. The van der Waals surface area contributed by atoms with Crippen LogP contribution in [0.3, 0.4) is 0 Å². The van der Waals surface area contributed by atoms with E-state index in [0.29, 0.717) is 0 Å². The summed E-state index contributed by atoms with van der Waals surface area (Å²) in [6, 6.07) is 0. The van der Waals surface area contributed by atoms with Crippen molar-refractivity contribution in [3.8, 4) is 0 Å². The van der Waals surface area contributed by atoms with E-state index in [1.54, 1.807) is 0 Å². The van der Waals surface area contributed by atoms with Gasteiger partial charge in [0, 0.05) is 0 Å². The summed E-state index contributed by atoms with van der Waals surface area (Å²) in [7, 11) is 0. The van der Waals surface area contributed by atoms with Gasteiger partial charge in [-0.2, -0.15) is 0 Å². The zero-order valence-corrected chi connectivity index (χ0v) is 5.36. The van der Waals surface area contributed by atoms with Gasteiger partial charge in [-0.1, -0.05) is 6.58 Å². The molecule has 0 aliphatic heterocycles. The molecular weight excluding hydrogens is 132 g/mol. The molecule has 0 spiro atoms. The summed E-state index contributed by atoms with van der Waals surface area (Å²) in [5.74, 6) is -0.277. The first-order valence-corrected chi connectivity index (χ1v) is 2.49. The fourth-order valence-electron chi connectivity index (χ4n) is 0.268. The molecule has 0 saturated heterocycles. The van der Waals surface area contributed by atoms with Crippen LogP contribution in [0.25, 0.3) is 0 Å². The summed E-state index contributed by atoms with van der Waals surface area (Å²) >= 11 is 0. The van der Waals surface area contributed by atoms with Gasteiger partial charge < -0.3 is 11.1 Å². The largest absolute Gasteiger partial charge is 0.369 e. The van der Waals surface area contributed by atoms with E-state index in [2.05, 4.69) is 22.7 Å². The Labute approximate surface area is 58.5 Å². The van der Waals surface area contributed by atoms with Crippen LogP contribution in [-0.4, -0.2) is 11.9 Å². The third-order valence-corrected chi connectivity index (χ3v) is 0.569. The minimum Gasteiger partial charge on any atom is -0.369 e. The average molecular weight is 142 g/mol. The highest BCUT2D eigenvalue weighted by molar-refractivity contribution is 5.81. The van der Waals surface area contributed by atoms with Gasteiger partial charge in [-0.05, 0) is 6.20 Å². The molecule has 0 aliphatic rings. The van der Waals surface area contributed by atoms with Gasteiger partial charge in [0.1, 0.15) is 0 Å². The van der Waals surface area contributed by atoms with Crippen molar-refractivity contribution in [3.63, 3.8) is 0 Å². The Bertz CT molecular complexity index is 150. The van der Waals surface area contributed by atoms with Crippen molar-refractivity contribution in [2.24, 2.45) is 5.73 Å². The van der Waals surface area contributed by atoms with Crippen LogP contribution in [-0.2, 0) is 0 Å². The first-order chi connectivity index (χ1) is 4.66. The molecule has 0 aromatic rings. The van der Waals surface area contributed by atoms with Gasteiger partial charge in [0.2, 0.25) is 11.9 Å². The van der Waals surface area contributed by atoms with Gasteiger partial charge in [-0.3, -0.25) is 21.7 Å². The molecular formula is C4H10N6. The minimum atomic E-state index is -0.254. The van der Waals surface area contributed by atoms with Crippen LogP contribution in [0.15, 0.2) is 12.8 Å². The zero-order valence-electron chi connectivity index (χ0n) is 5.36. The maximum absolute atomic E-state index is 6.97. The van der Waals surface area contributed by atoms with Gasteiger partial charge in [0.25, 0.3) is 0 Å². The van der Waals surface area contributed by atoms with Crippen molar-refractivity contribution in [2.45, 2.75) is 0 Å². The predicted octanol–water partition coefficient (Wildman–Crippen LogP) is -1.36. The van der Waals surface area contributed by atoms with E-state index in [-0.39, 0.29) is 11.9 Å². The van der Waals surface area contributed by atoms with Crippen LogP contribution in [0.2, 0.25) is 0 Å². The number of nitrogens with two attached hydrogens (primary N) is 1. The van der Waals surface area contributed by atoms with Crippen molar-refractivity contribution in [3.05, 3.63) is 12.8 Å². The summed E-state index contributed by atoms with van der Waals surface area (Å²) in [6.45, 7) is 3.32. The highest BCUT2D eigenvalue weighted by Gasteiger charge is 1.88. The average Bonchev–Trinajstić information content (AvgIpc) is 1.85. The Balaban J connectivity index is 3.39. The molecule has 0 rings (SSSR count). The molecule has 6 heteroatoms. The Hall–Kier alpha value is -1.72. The van der Waals surface area contributed by atoms with E-state index in [1.807, 2.05) is 0 Å². The van der Waals surface area contributed by atoms with Gasteiger partial charge in [0.05, 0.1) is 0 Å². The second-order valence-electron chi connectivity index (χ2n) is 1.39. The van der Waals surface area contributed by atoms with E-state index < -0.39 is 0 Å². The number of hydrogen-bond donors (Lipinski definition) is 6. The van der Waals surface area contributed by atoms with E-state index in [0.717, 1.165) is 0 Å². The maximum Gasteiger partial charge on any atom is 0.211 e. The number of hydrazine groups is 1. The molecule has 56 valence electrons. The highest BCUT2D eigenvalue weighted by atomic mass is 15.4. The van der Waals surface area contributed by atoms with Crippen molar-refractivity contribution in [2.75, 3.05) is 0 Å². The topological polar surface area (TPSA) is 110 Å². The number of nitrogens with one attached hydrogen (secondary N) is 5. The van der Waals surface area contributed by atoms with Gasteiger partial charge in [-0.25, -0.2) is 0 Å². The quantitative estimate of drug-likeness (QED) is 0.154. The summed E-state index contributed by atoms with van der Waals surface area (Å²) in [5, 5.41) is 16.1. The van der Waals surface area contributed by atoms with Gasteiger partial charge >= 0.3 is 0 Å². The summed E-state index contributed by atoms with van der Waals surface area (Å²) in [6.07, 6.45) is 1.33.